The highest BCUT2D eigenvalue weighted by atomic mass is 28.4. The van der Waals surface area contributed by atoms with Gasteiger partial charge < -0.3 is 23.7 Å². The summed E-state index contributed by atoms with van der Waals surface area (Å²) in [5.74, 6) is -0.469. The molecule has 0 radical (unpaired) electrons. The molecule has 0 bridgehead atoms. The molecule has 1 saturated heterocycles. The Hall–Kier alpha value is -0.733. The van der Waals surface area contributed by atoms with Crippen molar-refractivity contribution in [3.8, 4) is 0 Å². The third-order valence-corrected chi connectivity index (χ3v) is 8.79. The van der Waals surface area contributed by atoms with Crippen LogP contribution in [0.4, 0.5) is 0 Å². The van der Waals surface area contributed by atoms with Crippen molar-refractivity contribution in [1.82, 2.24) is 0 Å². The molecule has 1 aliphatic heterocycles. The van der Waals surface area contributed by atoms with Crippen molar-refractivity contribution in [1.29, 1.82) is 0 Å². The maximum atomic E-state index is 11.5. The smallest absolute Gasteiger partial charge is 0.303 e. The molecular formula is C16H30O6Si. The summed E-state index contributed by atoms with van der Waals surface area (Å²) in [6.45, 7) is 15.7. The van der Waals surface area contributed by atoms with Gasteiger partial charge in [0, 0.05) is 6.92 Å². The number of esters is 1. The highest BCUT2D eigenvalue weighted by Gasteiger charge is 2.48. The van der Waals surface area contributed by atoms with E-state index in [1.807, 2.05) is 0 Å². The molecule has 1 fully saturated rings. The third kappa shape index (κ3) is 5.39. The number of aliphatic hydroxyl groups is 1. The van der Waals surface area contributed by atoms with Crippen LogP contribution in [0.2, 0.25) is 18.1 Å². The van der Waals surface area contributed by atoms with Crippen LogP contribution in [0.25, 0.3) is 0 Å². The predicted octanol–water partition coefficient (Wildman–Crippen LogP) is 2.23. The van der Waals surface area contributed by atoms with Crippen LogP contribution < -0.4 is 0 Å². The van der Waals surface area contributed by atoms with E-state index in [9.17, 15) is 9.90 Å². The average molecular weight is 346 g/mol. The lowest BCUT2D eigenvalue weighted by atomic mass is 10.1. The van der Waals surface area contributed by atoms with Gasteiger partial charge >= 0.3 is 5.97 Å². The van der Waals surface area contributed by atoms with Gasteiger partial charge in [0.2, 0.25) is 0 Å². The molecule has 0 amide bonds. The van der Waals surface area contributed by atoms with Gasteiger partial charge in [0.15, 0.2) is 20.7 Å². The van der Waals surface area contributed by atoms with Crippen LogP contribution in [-0.4, -0.2) is 57.2 Å². The van der Waals surface area contributed by atoms with E-state index in [1.54, 1.807) is 6.08 Å². The zero-order chi connectivity index (χ0) is 17.8. The van der Waals surface area contributed by atoms with E-state index in [-0.39, 0.29) is 18.3 Å². The van der Waals surface area contributed by atoms with Gasteiger partial charge in [-0.1, -0.05) is 26.8 Å². The molecule has 134 valence electrons. The number of ether oxygens (including phenoxy) is 3. The van der Waals surface area contributed by atoms with E-state index in [0.29, 0.717) is 0 Å². The van der Waals surface area contributed by atoms with Crippen molar-refractivity contribution in [2.75, 3.05) is 13.2 Å². The van der Waals surface area contributed by atoms with Crippen LogP contribution in [0, 0.1) is 0 Å². The summed E-state index contributed by atoms with van der Waals surface area (Å²) in [7, 11) is -2.17. The first kappa shape index (κ1) is 20.3. The highest BCUT2D eigenvalue weighted by Crippen LogP contribution is 2.39. The zero-order valence-corrected chi connectivity index (χ0v) is 16.0. The van der Waals surface area contributed by atoms with Gasteiger partial charge in [-0.2, -0.15) is 0 Å². The number of carbonyl (C=O) groups excluding carboxylic acids is 1. The Morgan fingerprint density at radius 1 is 1.39 bits per heavy atom. The minimum absolute atomic E-state index is 0.0384. The number of aliphatic hydroxyl groups excluding tert-OH is 1. The van der Waals surface area contributed by atoms with Gasteiger partial charge in [-0.25, -0.2) is 0 Å². The molecule has 7 heteroatoms. The van der Waals surface area contributed by atoms with Gasteiger partial charge in [0.1, 0.15) is 12.2 Å². The fraction of sp³-hybridized carbons (Fsp3) is 0.812. The average Bonchev–Trinajstić information content (AvgIpc) is 2.40. The second-order valence-corrected chi connectivity index (χ2v) is 12.1. The minimum atomic E-state index is -2.17. The Balaban J connectivity index is 3.01. The molecule has 0 spiro atoms. The Bertz CT molecular complexity index is 417. The molecule has 0 aromatic rings. The fourth-order valence-corrected chi connectivity index (χ4v) is 3.36. The predicted molar refractivity (Wildman–Crippen MR) is 89.5 cm³/mol. The lowest BCUT2D eigenvalue weighted by Gasteiger charge is -2.45. The quantitative estimate of drug-likeness (QED) is 0.452. The van der Waals surface area contributed by atoms with Gasteiger partial charge in [0.05, 0.1) is 13.2 Å². The van der Waals surface area contributed by atoms with Gasteiger partial charge in [-0.15, -0.1) is 6.58 Å². The van der Waals surface area contributed by atoms with E-state index in [1.165, 1.54) is 6.92 Å². The molecular weight excluding hydrogens is 316 g/mol. The number of hydrogen-bond acceptors (Lipinski definition) is 6. The van der Waals surface area contributed by atoms with Crippen LogP contribution >= 0.6 is 0 Å². The molecule has 6 nitrogen and oxygen atoms in total. The number of hydrogen-bond donors (Lipinski definition) is 1. The molecule has 0 aliphatic carbocycles. The Morgan fingerprint density at radius 3 is 2.48 bits per heavy atom. The molecule has 1 N–H and O–H groups in total. The van der Waals surface area contributed by atoms with E-state index < -0.39 is 38.9 Å². The summed E-state index contributed by atoms with van der Waals surface area (Å²) >= 11 is 0. The van der Waals surface area contributed by atoms with Crippen LogP contribution in [0.3, 0.4) is 0 Å². The maximum absolute atomic E-state index is 11.5. The van der Waals surface area contributed by atoms with Crippen molar-refractivity contribution < 1.29 is 28.5 Å². The van der Waals surface area contributed by atoms with Gasteiger partial charge in [0.25, 0.3) is 0 Å². The largest absolute Gasteiger partial charge is 0.454 e. The van der Waals surface area contributed by atoms with Crippen LogP contribution in [0.15, 0.2) is 12.7 Å². The minimum Gasteiger partial charge on any atom is -0.454 e. The molecule has 1 rings (SSSR count). The summed E-state index contributed by atoms with van der Waals surface area (Å²) in [5, 5.41) is 10.3. The first-order valence-electron chi connectivity index (χ1n) is 7.87. The van der Waals surface area contributed by atoms with Crippen LogP contribution in [0.1, 0.15) is 27.7 Å². The normalized spacial score (nSPS) is 29.2. The monoisotopic (exact) mass is 346 g/mol. The topological polar surface area (TPSA) is 74.2 Å². The zero-order valence-electron chi connectivity index (χ0n) is 15.0. The summed E-state index contributed by atoms with van der Waals surface area (Å²) in [6.07, 6.45) is -1.57. The highest BCUT2D eigenvalue weighted by molar-refractivity contribution is 6.74. The van der Waals surface area contributed by atoms with E-state index >= 15 is 0 Å². The molecule has 1 aliphatic rings. The summed E-state index contributed by atoms with van der Waals surface area (Å²) < 4.78 is 22.7. The van der Waals surface area contributed by atoms with E-state index in [2.05, 4.69) is 40.4 Å². The van der Waals surface area contributed by atoms with Gasteiger partial charge in [-0.05, 0) is 18.1 Å². The molecule has 23 heavy (non-hydrogen) atoms. The molecule has 0 unspecified atom stereocenters. The van der Waals surface area contributed by atoms with Crippen molar-refractivity contribution in [3.63, 3.8) is 0 Å². The van der Waals surface area contributed by atoms with Crippen molar-refractivity contribution in [2.24, 2.45) is 0 Å². The van der Waals surface area contributed by atoms with Crippen LogP contribution in [0.5, 0.6) is 0 Å². The van der Waals surface area contributed by atoms with E-state index in [4.69, 9.17) is 18.6 Å². The molecule has 0 saturated carbocycles. The van der Waals surface area contributed by atoms with Crippen molar-refractivity contribution >= 4 is 14.3 Å². The second-order valence-electron chi connectivity index (χ2n) is 7.31. The Morgan fingerprint density at radius 2 is 2.00 bits per heavy atom. The standard InChI is InChI=1S/C16H30O6Si/c1-8-9-19-15-14(21-11(2)17)13(12(18)10-20-15)22-23(6,7)16(3,4)5/h8,12-15,18H,1,9-10H2,2-7H3/t12-,13-,14+,15-/m0/s1. The SMILES string of the molecule is C=CCO[C@H]1OC[C@H](O)[C@H](O[Si](C)(C)C(C)(C)C)[C@H]1OC(C)=O. The lowest BCUT2D eigenvalue weighted by molar-refractivity contribution is -0.269. The molecule has 4 atom stereocenters. The Labute approximate surface area is 139 Å². The number of carbonyl (C=O) groups is 1. The fourth-order valence-electron chi connectivity index (χ4n) is 2.04. The maximum Gasteiger partial charge on any atom is 0.303 e. The van der Waals surface area contributed by atoms with Gasteiger partial charge in [-0.3, -0.25) is 4.79 Å². The van der Waals surface area contributed by atoms with E-state index in [0.717, 1.165) is 0 Å². The Kier molecular flexibility index (Phi) is 6.97. The summed E-state index contributed by atoms with van der Waals surface area (Å²) in [6, 6.07) is 0. The van der Waals surface area contributed by atoms with Crippen LogP contribution in [-0.2, 0) is 23.4 Å². The second kappa shape index (κ2) is 7.89. The lowest BCUT2D eigenvalue weighted by Crippen LogP contribution is -2.60. The first-order chi connectivity index (χ1) is 10.5. The molecule has 1 heterocycles. The molecule has 0 aromatic heterocycles. The number of rotatable bonds is 6. The van der Waals surface area contributed by atoms with Crippen molar-refractivity contribution in [2.45, 2.75) is 70.4 Å². The molecule has 0 aromatic carbocycles. The van der Waals surface area contributed by atoms with Crippen molar-refractivity contribution in [3.05, 3.63) is 12.7 Å². The summed E-state index contributed by atoms with van der Waals surface area (Å²) in [5.41, 5.74) is 0. The summed E-state index contributed by atoms with van der Waals surface area (Å²) in [4.78, 5) is 11.5. The third-order valence-electron chi connectivity index (χ3n) is 4.32. The first-order valence-corrected chi connectivity index (χ1v) is 10.8.